The van der Waals surface area contributed by atoms with Crippen molar-refractivity contribution in [3.63, 3.8) is 0 Å². The Kier molecular flexibility index (Phi) is 7.11. The first-order valence-electron chi connectivity index (χ1n) is 7.35. The van der Waals surface area contributed by atoms with Crippen LogP contribution in [-0.4, -0.2) is 37.3 Å². The lowest BCUT2D eigenvalue weighted by Gasteiger charge is -2.30. The molecule has 1 unspecified atom stereocenters. The molecule has 2 aliphatic rings. The molecule has 1 saturated heterocycles. The van der Waals surface area contributed by atoms with Gasteiger partial charge in [-0.15, -0.1) is 12.4 Å². The second-order valence-corrected chi connectivity index (χ2v) is 5.94. The van der Waals surface area contributed by atoms with Gasteiger partial charge in [0.05, 0.1) is 5.92 Å². The van der Waals surface area contributed by atoms with Crippen molar-refractivity contribution < 1.29 is 9.90 Å². The Morgan fingerprint density at radius 2 is 2.05 bits per heavy atom. The maximum atomic E-state index is 12.1. The number of aliphatic hydroxyl groups excluding tert-OH is 1. The fraction of sp³-hybridized carbons (Fsp3) is 0.929. The minimum absolute atomic E-state index is 0. The van der Waals surface area contributed by atoms with Gasteiger partial charge < -0.3 is 15.7 Å². The summed E-state index contributed by atoms with van der Waals surface area (Å²) < 4.78 is 0. The van der Waals surface area contributed by atoms with Crippen molar-refractivity contribution in [2.24, 2.45) is 11.3 Å². The molecule has 0 radical (unpaired) electrons. The van der Waals surface area contributed by atoms with Crippen LogP contribution in [-0.2, 0) is 4.79 Å². The molecule has 1 aliphatic carbocycles. The molecule has 1 atom stereocenters. The van der Waals surface area contributed by atoms with Crippen LogP contribution in [0.15, 0.2) is 0 Å². The number of amides is 1. The van der Waals surface area contributed by atoms with Crippen LogP contribution in [0.1, 0.15) is 44.9 Å². The van der Waals surface area contributed by atoms with Crippen molar-refractivity contribution in [3.8, 4) is 0 Å². The average Bonchev–Trinajstić information content (AvgIpc) is 2.87. The van der Waals surface area contributed by atoms with Crippen molar-refractivity contribution in [1.82, 2.24) is 10.6 Å². The Morgan fingerprint density at radius 3 is 2.63 bits per heavy atom. The van der Waals surface area contributed by atoms with Crippen molar-refractivity contribution in [1.29, 1.82) is 0 Å². The summed E-state index contributed by atoms with van der Waals surface area (Å²) in [4.78, 5) is 12.1. The predicted molar refractivity (Wildman–Crippen MR) is 78.5 cm³/mol. The van der Waals surface area contributed by atoms with Gasteiger partial charge in [-0.25, -0.2) is 0 Å². The standard InChI is InChI=1S/C14H26N2O2.ClH/c17-9-7-14(5-1-2-6-14)11-16-13(18)12-4-3-8-15-10-12;/h12,15,17H,1-11H2,(H,16,18);1H. The molecule has 5 heteroatoms. The summed E-state index contributed by atoms with van der Waals surface area (Å²) in [5, 5.41) is 15.6. The van der Waals surface area contributed by atoms with Crippen molar-refractivity contribution in [3.05, 3.63) is 0 Å². The molecule has 0 spiro atoms. The van der Waals surface area contributed by atoms with Gasteiger partial charge in [-0.1, -0.05) is 12.8 Å². The lowest BCUT2D eigenvalue weighted by atomic mass is 9.82. The molecule has 1 amide bonds. The van der Waals surface area contributed by atoms with E-state index in [-0.39, 0.29) is 36.3 Å². The summed E-state index contributed by atoms with van der Waals surface area (Å²) in [7, 11) is 0. The van der Waals surface area contributed by atoms with Crippen LogP contribution >= 0.6 is 12.4 Å². The molecular formula is C14H27ClN2O2. The molecule has 1 aliphatic heterocycles. The second-order valence-electron chi connectivity index (χ2n) is 5.94. The Labute approximate surface area is 122 Å². The van der Waals surface area contributed by atoms with E-state index < -0.39 is 0 Å². The van der Waals surface area contributed by atoms with Gasteiger partial charge in [0, 0.05) is 19.7 Å². The van der Waals surface area contributed by atoms with Crippen LogP contribution in [0.2, 0.25) is 0 Å². The molecule has 1 heterocycles. The largest absolute Gasteiger partial charge is 0.396 e. The highest BCUT2D eigenvalue weighted by atomic mass is 35.5. The molecular weight excluding hydrogens is 264 g/mol. The zero-order valence-corrected chi connectivity index (χ0v) is 12.4. The summed E-state index contributed by atoms with van der Waals surface area (Å²) in [5.41, 5.74) is 0.173. The van der Waals surface area contributed by atoms with Crippen LogP contribution in [0.4, 0.5) is 0 Å². The van der Waals surface area contributed by atoms with E-state index in [2.05, 4.69) is 10.6 Å². The molecule has 3 N–H and O–H groups in total. The molecule has 0 aromatic heterocycles. The first kappa shape index (κ1) is 16.7. The summed E-state index contributed by atoms with van der Waals surface area (Å²) in [6, 6.07) is 0. The maximum absolute atomic E-state index is 12.1. The molecule has 0 aromatic rings. The number of piperidine rings is 1. The minimum Gasteiger partial charge on any atom is -0.396 e. The highest BCUT2D eigenvalue weighted by molar-refractivity contribution is 5.85. The van der Waals surface area contributed by atoms with Gasteiger partial charge in [0.25, 0.3) is 0 Å². The number of hydrogen-bond donors (Lipinski definition) is 3. The molecule has 0 aromatic carbocycles. The van der Waals surface area contributed by atoms with E-state index in [1.807, 2.05) is 0 Å². The maximum Gasteiger partial charge on any atom is 0.224 e. The summed E-state index contributed by atoms with van der Waals surface area (Å²) >= 11 is 0. The first-order valence-corrected chi connectivity index (χ1v) is 7.35. The molecule has 0 bridgehead atoms. The van der Waals surface area contributed by atoms with E-state index in [1.54, 1.807) is 0 Å². The average molecular weight is 291 g/mol. The van der Waals surface area contributed by atoms with Crippen LogP contribution in [0.5, 0.6) is 0 Å². The Bertz CT molecular complexity index is 275. The quantitative estimate of drug-likeness (QED) is 0.718. The van der Waals surface area contributed by atoms with E-state index in [0.29, 0.717) is 0 Å². The fourth-order valence-electron chi connectivity index (χ4n) is 3.37. The summed E-state index contributed by atoms with van der Waals surface area (Å²) in [6.07, 6.45) is 7.71. The third-order valence-electron chi connectivity index (χ3n) is 4.61. The fourth-order valence-corrected chi connectivity index (χ4v) is 3.37. The lowest BCUT2D eigenvalue weighted by molar-refractivity contribution is -0.126. The lowest BCUT2D eigenvalue weighted by Crippen LogP contribution is -2.44. The third-order valence-corrected chi connectivity index (χ3v) is 4.61. The molecule has 19 heavy (non-hydrogen) atoms. The number of halogens is 1. The summed E-state index contributed by atoms with van der Waals surface area (Å²) in [6.45, 7) is 2.85. The monoisotopic (exact) mass is 290 g/mol. The molecule has 4 nitrogen and oxygen atoms in total. The van der Waals surface area contributed by atoms with Gasteiger partial charge in [0.15, 0.2) is 0 Å². The van der Waals surface area contributed by atoms with Gasteiger partial charge in [-0.2, -0.15) is 0 Å². The number of nitrogens with one attached hydrogen (secondary N) is 2. The van der Waals surface area contributed by atoms with Crippen LogP contribution < -0.4 is 10.6 Å². The van der Waals surface area contributed by atoms with Crippen LogP contribution in [0.25, 0.3) is 0 Å². The van der Waals surface area contributed by atoms with Gasteiger partial charge >= 0.3 is 0 Å². The Balaban J connectivity index is 0.00000180. The predicted octanol–water partition coefficient (Wildman–Crippen LogP) is 1.47. The Hall–Kier alpha value is -0.320. The van der Waals surface area contributed by atoms with E-state index in [9.17, 15) is 9.90 Å². The number of hydrogen-bond acceptors (Lipinski definition) is 3. The summed E-state index contributed by atoms with van der Waals surface area (Å²) in [5.74, 6) is 0.345. The number of rotatable bonds is 5. The van der Waals surface area contributed by atoms with E-state index in [1.165, 1.54) is 12.8 Å². The van der Waals surface area contributed by atoms with Crippen molar-refractivity contribution in [2.45, 2.75) is 44.9 Å². The first-order chi connectivity index (χ1) is 8.76. The van der Waals surface area contributed by atoms with Crippen LogP contribution in [0.3, 0.4) is 0 Å². The zero-order chi connectivity index (χ0) is 12.8. The number of carbonyl (C=O) groups is 1. The van der Waals surface area contributed by atoms with Gasteiger partial charge in [0.2, 0.25) is 5.91 Å². The molecule has 2 fully saturated rings. The topological polar surface area (TPSA) is 61.4 Å². The van der Waals surface area contributed by atoms with E-state index in [0.717, 1.165) is 51.7 Å². The van der Waals surface area contributed by atoms with Crippen molar-refractivity contribution >= 4 is 18.3 Å². The van der Waals surface area contributed by atoms with E-state index in [4.69, 9.17) is 0 Å². The highest BCUT2D eigenvalue weighted by Crippen LogP contribution is 2.40. The van der Waals surface area contributed by atoms with Gasteiger partial charge in [-0.3, -0.25) is 4.79 Å². The highest BCUT2D eigenvalue weighted by Gasteiger charge is 2.34. The SMILES string of the molecule is Cl.O=C(NCC1(CCO)CCCC1)C1CCCNC1. The molecule has 112 valence electrons. The normalized spacial score (nSPS) is 25.6. The minimum atomic E-state index is 0. The number of carbonyl (C=O) groups excluding carboxylic acids is 1. The van der Waals surface area contributed by atoms with E-state index >= 15 is 0 Å². The number of aliphatic hydroxyl groups is 1. The molecule has 1 saturated carbocycles. The van der Waals surface area contributed by atoms with Crippen LogP contribution in [0, 0.1) is 11.3 Å². The van der Waals surface area contributed by atoms with Gasteiger partial charge in [-0.05, 0) is 44.1 Å². The zero-order valence-electron chi connectivity index (χ0n) is 11.6. The van der Waals surface area contributed by atoms with Gasteiger partial charge in [0.1, 0.15) is 0 Å². The second kappa shape index (κ2) is 8.08. The molecule has 2 rings (SSSR count). The Morgan fingerprint density at radius 1 is 1.32 bits per heavy atom. The smallest absolute Gasteiger partial charge is 0.224 e. The third kappa shape index (κ3) is 4.62. The van der Waals surface area contributed by atoms with Crippen molar-refractivity contribution in [2.75, 3.05) is 26.2 Å².